The SMILES string of the molecule is CC[C@H](C)[C@H]1NC(=O)[C@H](NC(C)=O)CSSC[C@H](C(N)=O)NC(=O)[C@@H](CCCN=C(N)N)NC(=O)[C@H](Cc2ccc(OC)cc2)NC(=O)[C@@H](CC(=O)O)NC(=O)CNC(=O)[C@@H](CCCN=C(N)N)NC(=O)[C@@H]2CCCN2C1=O. The minimum atomic E-state index is -1.85. The molecule has 31 heteroatoms. The number of ether oxygens (including phenoxy) is 1. The van der Waals surface area contributed by atoms with Gasteiger partial charge in [0.1, 0.15) is 54.1 Å². The van der Waals surface area contributed by atoms with Crippen LogP contribution in [0.1, 0.15) is 77.7 Å². The average molecular weight is 1140 g/mol. The molecule has 2 heterocycles. The molecule has 0 unspecified atom stereocenters. The fraction of sp³-hybridized carbons (Fsp3) is 0.596. The molecule has 0 aliphatic carbocycles. The zero-order valence-electron chi connectivity index (χ0n) is 44.0. The quantitative estimate of drug-likeness (QED) is 0.0301. The molecule has 432 valence electrons. The van der Waals surface area contributed by atoms with Crippen molar-refractivity contribution in [2.75, 3.05) is 44.8 Å². The van der Waals surface area contributed by atoms with Crippen molar-refractivity contribution < 1.29 is 62.6 Å². The molecule has 10 amide bonds. The number of carbonyl (C=O) groups excluding carboxylic acids is 10. The summed E-state index contributed by atoms with van der Waals surface area (Å²) in [5.74, 6) is -11.0. The van der Waals surface area contributed by atoms with Crippen LogP contribution in [0.25, 0.3) is 0 Å². The summed E-state index contributed by atoms with van der Waals surface area (Å²) >= 11 is 0. The highest BCUT2D eigenvalue weighted by Gasteiger charge is 2.41. The van der Waals surface area contributed by atoms with Crippen molar-refractivity contribution in [3.63, 3.8) is 0 Å². The average Bonchev–Trinajstić information content (AvgIpc) is 3.88. The summed E-state index contributed by atoms with van der Waals surface area (Å²) in [6.07, 6.45) is -0.285. The molecule has 1 aromatic rings. The van der Waals surface area contributed by atoms with Gasteiger partial charge in [-0.15, -0.1) is 0 Å². The second-order valence-corrected chi connectivity index (χ2v) is 21.0. The van der Waals surface area contributed by atoms with Crippen LogP contribution in [-0.4, -0.2) is 180 Å². The number of nitrogens with two attached hydrogens (primary N) is 5. The van der Waals surface area contributed by atoms with E-state index < -0.39 is 132 Å². The Hall–Kier alpha value is -7.57. The topological polar surface area (TPSA) is 472 Å². The first kappa shape index (κ1) is 64.7. The normalized spacial score (nSPS) is 24.2. The summed E-state index contributed by atoms with van der Waals surface area (Å²) in [5.41, 5.74) is 28.1. The predicted molar refractivity (Wildman–Crippen MR) is 289 cm³/mol. The number of nitrogens with one attached hydrogen (secondary N) is 8. The molecule has 2 aliphatic rings. The number of primary amides is 1. The fourth-order valence-electron chi connectivity index (χ4n) is 8.03. The number of benzene rings is 1. The summed E-state index contributed by atoms with van der Waals surface area (Å²) in [5, 5.41) is 30.1. The maximum Gasteiger partial charge on any atom is 0.305 e. The van der Waals surface area contributed by atoms with Crippen LogP contribution in [0.15, 0.2) is 34.3 Å². The number of hydrogen-bond acceptors (Lipinski definition) is 16. The number of aliphatic carboxylic acids is 1. The Kier molecular flexibility index (Phi) is 27.3. The lowest BCUT2D eigenvalue weighted by molar-refractivity contribution is -0.143. The first-order valence-electron chi connectivity index (χ1n) is 25.1. The highest BCUT2D eigenvalue weighted by molar-refractivity contribution is 8.76. The van der Waals surface area contributed by atoms with Crippen LogP contribution >= 0.6 is 21.6 Å². The monoisotopic (exact) mass is 1130 g/mol. The van der Waals surface area contributed by atoms with E-state index in [-0.39, 0.29) is 81.6 Å². The van der Waals surface area contributed by atoms with Crippen LogP contribution in [0.4, 0.5) is 0 Å². The zero-order chi connectivity index (χ0) is 58.1. The van der Waals surface area contributed by atoms with E-state index >= 15 is 0 Å². The van der Waals surface area contributed by atoms with Gasteiger partial charge in [0, 0.05) is 44.5 Å². The third-order valence-corrected chi connectivity index (χ3v) is 14.8. The molecule has 0 aromatic heterocycles. The van der Waals surface area contributed by atoms with E-state index in [2.05, 4.69) is 52.5 Å². The third-order valence-electron chi connectivity index (χ3n) is 12.4. The number of amides is 10. The molecule has 2 fully saturated rings. The highest BCUT2D eigenvalue weighted by Crippen LogP contribution is 2.25. The van der Waals surface area contributed by atoms with Crippen LogP contribution in [-0.2, 0) is 59.2 Å². The number of fused-ring (bicyclic) bond motifs is 1. The summed E-state index contributed by atoms with van der Waals surface area (Å²) in [7, 11) is 3.46. The van der Waals surface area contributed by atoms with Gasteiger partial charge in [0.25, 0.3) is 0 Å². The van der Waals surface area contributed by atoms with E-state index in [0.717, 1.165) is 21.6 Å². The smallest absolute Gasteiger partial charge is 0.305 e. The summed E-state index contributed by atoms with van der Waals surface area (Å²) in [4.78, 5) is 159. The second-order valence-electron chi connectivity index (χ2n) is 18.4. The summed E-state index contributed by atoms with van der Waals surface area (Å²) < 4.78 is 5.24. The van der Waals surface area contributed by atoms with E-state index in [1.54, 1.807) is 38.1 Å². The van der Waals surface area contributed by atoms with Gasteiger partial charge in [0.15, 0.2) is 11.9 Å². The van der Waals surface area contributed by atoms with Crippen molar-refractivity contribution >= 4 is 98.5 Å². The van der Waals surface area contributed by atoms with Crippen molar-refractivity contribution in [3.05, 3.63) is 29.8 Å². The lowest BCUT2D eigenvalue weighted by atomic mass is 9.97. The zero-order valence-corrected chi connectivity index (χ0v) is 45.6. The minimum Gasteiger partial charge on any atom is -0.497 e. The molecule has 3 rings (SSSR count). The Balaban J connectivity index is 2.13. The van der Waals surface area contributed by atoms with Gasteiger partial charge < -0.3 is 85.9 Å². The van der Waals surface area contributed by atoms with Crippen LogP contribution in [0, 0.1) is 5.92 Å². The third kappa shape index (κ3) is 22.2. The van der Waals surface area contributed by atoms with E-state index in [4.69, 9.17) is 33.4 Å². The molecule has 29 nitrogen and oxygen atoms in total. The van der Waals surface area contributed by atoms with Crippen LogP contribution in [0.2, 0.25) is 0 Å². The number of carbonyl (C=O) groups is 11. The number of methoxy groups -OCH3 is 1. The standard InChI is InChI=1S/C47H74N16O13S2/c1-5-24(2)37-45(75)63-18-8-11-34(63)44(74)59-28(9-6-16-53-46(49)50)39(69)55-21-35(65)57-31(20-36(66)67)42(72)60-30(19-26-12-14-27(76-4)15-13-26)41(71)58-29(10-7-17-54-47(51)52)40(70)61-32(38(48)68)22-77-78-23-33(43(73)62-37)56-25(3)64/h12-15,24,28-34,37H,5-11,16-23H2,1-4H3,(H2,48,68)(H,55,69)(H,56,64)(H,57,65)(H,58,71)(H,59,74)(H,60,72)(H,61,70)(H,62,73)(H,66,67)(H4,49,50,53)(H4,51,52,54)/t24-,28+,29+,30-,31+,32+,33+,34-,37+/m0/s1. The first-order chi connectivity index (χ1) is 36.9. The van der Waals surface area contributed by atoms with Crippen molar-refractivity contribution in [1.29, 1.82) is 0 Å². The van der Waals surface area contributed by atoms with Crippen LogP contribution < -0.4 is 75.9 Å². The van der Waals surface area contributed by atoms with Crippen molar-refractivity contribution in [2.24, 2.45) is 44.6 Å². The molecule has 0 radical (unpaired) electrons. The minimum absolute atomic E-state index is 0.000440. The van der Waals surface area contributed by atoms with E-state index in [1.165, 1.54) is 18.9 Å². The Morgan fingerprint density at radius 1 is 0.756 bits per heavy atom. The van der Waals surface area contributed by atoms with Gasteiger partial charge in [-0.1, -0.05) is 54.0 Å². The largest absolute Gasteiger partial charge is 0.497 e. The number of hydrogen-bond donors (Lipinski definition) is 14. The van der Waals surface area contributed by atoms with Gasteiger partial charge in [-0.05, 0) is 62.1 Å². The number of carboxylic acid groups (broad SMARTS) is 1. The Morgan fingerprint density at radius 2 is 1.32 bits per heavy atom. The van der Waals surface area contributed by atoms with Gasteiger partial charge in [0.2, 0.25) is 59.1 Å². The van der Waals surface area contributed by atoms with Gasteiger partial charge in [-0.25, -0.2) is 0 Å². The number of aliphatic imine (C=N–C) groups is 2. The number of guanidine groups is 2. The summed E-state index contributed by atoms with van der Waals surface area (Å²) in [6, 6.07) is -4.81. The molecule has 1 aromatic carbocycles. The Bertz CT molecular complexity index is 2360. The molecule has 0 bridgehead atoms. The van der Waals surface area contributed by atoms with Crippen LogP contribution in [0.3, 0.4) is 0 Å². The first-order valence-corrected chi connectivity index (χ1v) is 27.6. The molecule has 0 saturated carbocycles. The molecule has 2 aliphatic heterocycles. The molecule has 78 heavy (non-hydrogen) atoms. The fourth-order valence-corrected chi connectivity index (χ4v) is 10.4. The molecule has 0 spiro atoms. The van der Waals surface area contributed by atoms with Gasteiger partial charge in [-0.3, -0.25) is 62.7 Å². The van der Waals surface area contributed by atoms with Gasteiger partial charge in [-0.2, -0.15) is 0 Å². The number of nitrogens with zero attached hydrogens (tertiary/aromatic N) is 3. The van der Waals surface area contributed by atoms with E-state index in [9.17, 15) is 57.8 Å². The lowest BCUT2D eigenvalue weighted by Crippen LogP contribution is -2.60. The molecular weight excluding hydrogens is 1060 g/mol. The maximum absolute atomic E-state index is 14.4. The maximum atomic E-state index is 14.4. The van der Waals surface area contributed by atoms with Crippen molar-refractivity contribution in [2.45, 2.75) is 127 Å². The number of rotatable bonds is 17. The van der Waals surface area contributed by atoms with Crippen molar-refractivity contribution in [1.82, 2.24) is 47.4 Å². The summed E-state index contributed by atoms with van der Waals surface area (Å²) in [6.45, 7) is 4.00. The molecular formula is C47H74N16O13S2. The molecule has 19 N–H and O–H groups in total. The molecule has 9 atom stereocenters. The predicted octanol–water partition coefficient (Wildman–Crippen LogP) is -4.73. The van der Waals surface area contributed by atoms with Crippen LogP contribution in [0.5, 0.6) is 5.75 Å². The second kappa shape index (κ2) is 32.9. The molecule has 2 saturated heterocycles. The van der Waals surface area contributed by atoms with Gasteiger partial charge in [0.05, 0.1) is 20.1 Å². The Labute approximate surface area is 458 Å². The van der Waals surface area contributed by atoms with E-state index in [0.29, 0.717) is 24.2 Å². The Morgan fingerprint density at radius 3 is 1.88 bits per heavy atom. The van der Waals surface area contributed by atoms with Gasteiger partial charge >= 0.3 is 5.97 Å². The highest BCUT2D eigenvalue weighted by atomic mass is 33.1. The van der Waals surface area contributed by atoms with E-state index in [1.807, 2.05) is 0 Å². The van der Waals surface area contributed by atoms with Crippen molar-refractivity contribution in [3.8, 4) is 5.75 Å². The lowest BCUT2D eigenvalue weighted by Gasteiger charge is -2.32. The number of carboxylic acids is 1.